The van der Waals surface area contributed by atoms with Gasteiger partial charge >= 0.3 is 5.97 Å². The number of carbonyl (C=O) groups is 1. The molecule has 0 aromatic heterocycles. The maximum atomic E-state index is 11.2. The van der Waals surface area contributed by atoms with E-state index in [0.717, 1.165) is 32.1 Å². The SMILES string of the molecule is CCCCCCC(CCc1ccccc1)C(=O)O. The summed E-state index contributed by atoms with van der Waals surface area (Å²) >= 11 is 0. The average molecular weight is 248 g/mol. The Morgan fingerprint density at radius 3 is 2.44 bits per heavy atom. The van der Waals surface area contributed by atoms with Crippen LogP contribution in [0.25, 0.3) is 0 Å². The van der Waals surface area contributed by atoms with Gasteiger partial charge in [0, 0.05) is 0 Å². The Labute approximate surface area is 110 Å². The summed E-state index contributed by atoms with van der Waals surface area (Å²) in [5.74, 6) is -0.815. The average Bonchev–Trinajstić information content (AvgIpc) is 2.38. The molecule has 1 aromatic rings. The number of rotatable bonds is 9. The van der Waals surface area contributed by atoms with Crippen molar-refractivity contribution < 1.29 is 9.90 Å². The van der Waals surface area contributed by atoms with E-state index in [1.165, 1.54) is 18.4 Å². The molecular formula is C16H24O2. The zero-order valence-corrected chi connectivity index (χ0v) is 11.3. The molecule has 1 rings (SSSR count). The number of benzene rings is 1. The van der Waals surface area contributed by atoms with Gasteiger partial charge in [0.1, 0.15) is 0 Å². The van der Waals surface area contributed by atoms with Crippen LogP contribution in [0.2, 0.25) is 0 Å². The van der Waals surface area contributed by atoms with Crippen LogP contribution >= 0.6 is 0 Å². The molecule has 2 nitrogen and oxygen atoms in total. The summed E-state index contributed by atoms with van der Waals surface area (Å²) in [4.78, 5) is 11.2. The van der Waals surface area contributed by atoms with Crippen molar-refractivity contribution in [2.24, 2.45) is 5.92 Å². The van der Waals surface area contributed by atoms with Gasteiger partial charge in [0.25, 0.3) is 0 Å². The summed E-state index contributed by atoms with van der Waals surface area (Å²) in [5, 5.41) is 9.21. The first-order valence-electron chi connectivity index (χ1n) is 7.00. The molecule has 18 heavy (non-hydrogen) atoms. The molecule has 0 aliphatic carbocycles. The van der Waals surface area contributed by atoms with Crippen LogP contribution in [0.3, 0.4) is 0 Å². The molecule has 0 aliphatic rings. The fraction of sp³-hybridized carbons (Fsp3) is 0.562. The van der Waals surface area contributed by atoms with Gasteiger partial charge in [-0.3, -0.25) is 4.79 Å². The smallest absolute Gasteiger partial charge is 0.306 e. The second-order valence-corrected chi connectivity index (χ2v) is 4.91. The molecule has 0 bridgehead atoms. The second kappa shape index (κ2) is 8.73. The van der Waals surface area contributed by atoms with Crippen LogP contribution in [-0.2, 0) is 11.2 Å². The lowest BCUT2D eigenvalue weighted by atomic mass is 9.94. The lowest BCUT2D eigenvalue weighted by molar-refractivity contribution is -0.142. The van der Waals surface area contributed by atoms with Crippen LogP contribution in [0, 0.1) is 5.92 Å². The van der Waals surface area contributed by atoms with Crippen molar-refractivity contribution in [2.75, 3.05) is 0 Å². The van der Waals surface area contributed by atoms with Crippen LogP contribution in [-0.4, -0.2) is 11.1 Å². The topological polar surface area (TPSA) is 37.3 Å². The summed E-state index contributed by atoms with van der Waals surface area (Å²) in [6.07, 6.45) is 7.05. The van der Waals surface area contributed by atoms with Crippen molar-refractivity contribution in [3.8, 4) is 0 Å². The standard InChI is InChI=1S/C16H24O2/c1-2-3-4-8-11-15(16(17)18)13-12-14-9-6-5-7-10-14/h5-7,9-10,15H,2-4,8,11-13H2,1H3,(H,17,18). The first-order valence-corrected chi connectivity index (χ1v) is 7.00. The first-order chi connectivity index (χ1) is 8.74. The maximum absolute atomic E-state index is 11.2. The molecule has 0 amide bonds. The van der Waals surface area contributed by atoms with E-state index in [4.69, 9.17) is 0 Å². The van der Waals surface area contributed by atoms with E-state index in [1.807, 2.05) is 18.2 Å². The van der Waals surface area contributed by atoms with Crippen molar-refractivity contribution in [3.63, 3.8) is 0 Å². The molecule has 100 valence electrons. The Morgan fingerprint density at radius 1 is 1.11 bits per heavy atom. The predicted octanol–water partition coefficient (Wildman–Crippen LogP) is 4.29. The molecule has 0 heterocycles. The quantitative estimate of drug-likeness (QED) is 0.662. The first kappa shape index (κ1) is 14.7. The van der Waals surface area contributed by atoms with Crippen LogP contribution < -0.4 is 0 Å². The highest BCUT2D eigenvalue weighted by Gasteiger charge is 2.16. The molecule has 1 N–H and O–H groups in total. The minimum Gasteiger partial charge on any atom is -0.481 e. The maximum Gasteiger partial charge on any atom is 0.306 e. The van der Waals surface area contributed by atoms with Crippen molar-refractivity contribution in [1.29, 1.82) is 0 Å². The van der Waals surface area contributed by atoms with Crippen LogP contribution in [0.15, 0.2) is 30.3 Å². The van der Waals surface area contributed by atoms with Crippen LogP contribution in [0.1, 0.15) is 51.0 Å². The van der Waals surface area contributed by atoms with Crippen molar-refractivity contribution in [2.45, 2.75) is 51.9 Å². The molecular weight excluding hydrogens is 224 g/mol. The lowest BCUT2D eigenvalue weighted by Crippen LogP contribution is -2.14. The highest BCUT2D eigenvalue weighted by molar-refractivity contribution is 5.69. The van der Waals surface area contributed by atoms with E-state index in [1.54, 1.807) is 0 Å². The monoisotopic (exact) mass is 248 g/mol. The third kappa shape index (κ3) is 5.85. The molecule has 0 saturated carbocycles. The number of unbranched alkanes of at least 4 members (excludes halogenated alkanes) is 3. The van der Waals surface area contributed by atoms with Gasteiger partial charge in [0.15, 0.2) is 0 Å². The normalized spacial score (nSPS) is 12.3. The summed E-state index contributed by atoms with van der Waals surface area (Å²) in [6.45, 7) is 2.17. The van der Waals surface area contributed by atoms with Crippen molar-refractivity contribution in [3.05, 3.63) is 35.9 Å². The minimum atomic E-state index is -0.637. The van der Waals surface area contributed by atoms with E-state index in [2.05, 4.69) is 19.1 Å². The number of carboxylic acids is 1. The molecule has 0 saturated heterocycles. The molecule has 2 heteroatoms. The van der Waals surface area contributed by atoms with Gasteiger partial charge in [-0.1, -0.05) is 62.9 Å². The molecule has 0 spiro atoms. The molecule has 1 unspecified atom stereocenters. The Hall–Kier alpha value is -1.31. The summed E-state index contributed by atoms with van der Waals surface area (Å²) in [6, 6.07) is 10.1. The van der Waals surface area contributed by atoms with E-state index in [9.17, 15) is 9.90 Å². The Kier molecular flexibility index (Phi) is 7.16. The van der Waals surface area contributed by atoms with Gasteiger partial charge in [0.05, 0.1) is 5.92 Å². The third-order valence-corrected chi connectivity index (χ3v) is 3.38. The van der Waals surface area contributed by atoms with Gasteiger partial charge in [0.2, 0.25) is 0 Å². The highest BCUT2D eigenvalue weighted by Crippen LogP contribution is 2.17. The minimum absolute atomic E-state index is 0.179. The fourth-order valence-corrected chi connectivity index (χ4v) is 2.19. The van der Waals surface area contributed by atoms with Crippen LogP contribution in [0.4, 0.5) is 0 Å². The molecule has 0 fully saturated rings. The van der Waals surface area contributed by atoms with Gasteiger partial charge < -0.3 is 5.11 Å². The van der Waals surface area contributed by atoms with Gasteiger partial charge in [-0.15, -0.1) is 0 Å². The fourth-order valence-electron chi connectivity index (χ4n) is 2.19. The lowest BCUT2D eigenvalue weighted by Gasteiger charge is -2.12. The van der Waals surface area contributed by atoms with E-state index >= 15 is 0 Å². The number of aliphatic carboxylic acids is 1. The number of hydrogen-bond acceptors (Lipinski definition) is 1. The van der Waals surface area contributed by atoms with Gasteiger partial charge in [-0.05, 0) is 24.8 Å². The second-order valence-electron chi connectivity index (χ2n) is 4.91. The Bertz CT molecular complexity index is 332. The molecule has 1 atom stereocenters. The predicted molar refractivity (Wildman–Crippen MR) is 74.6 cm³/mol. The van der Waals surface area contributed by atoms with Gasteiger partial charge in [-0.2, -0.15) is 0 Å². The van der Waals surface area contributed by atoms with Crippen molar-refractivity contribution in [1.82, 2.24) is 0 Å². The van der Waals surface area contributed by atoms with Crippen molar-refractivity contribution >= 4 is 5.97 Å². The van der Waals surface area contributed by atoms with E-state index in [0.29, 0.717) is 0 Å². The summed E-state index contributed by atoms with van der Waals surface area (Å²) in [5.41, 5.74) is 1.23. The zero-order chi connectivity index (χ0) is 13.2. The Balaban J connectivity index is 2.32. The van der Waals surface area contributed by atoms with Gasteiger partial charge in [-0.25, -0.2) is 0 Å². The number of hydrogen-bond donors (Lipinski definition) is 1. The van der Waals surface area contributed by atoms with Crippen LogP contribution in [0.5, 0.6) is 0 Å². The summed E-state index contributed by atoms with van der Waals surface area (Å²) < 4.78 is 0. The zero-order valence-electron chi connectivity index (χ0n) is 11.3. The number of carboxylic acid groups (broad SMARTS) is 1. The van der Waals surface area contributed by atoms with E-state index < -0.39 is 5.97 Å². The highest BCUT2D eigenvalue weighted by atomic mass is 16.4. The summed E-state index contributed by atoms with van der Waals surface area (Å²) in [7, 11) is 0. The third-order valence-electron chi connectivity index (χ3n) is 3.38. The molecule has 1 aromatic carbocycles. The molecule has 0 aliphatic heterocycles. The largest absolute Gasteiger partial charge is 0.481 e. The van der Waals surface area contributed by atoms with E-state index in [-0.39, 0.29) is 5.92 Å². The Morgan fingerprint density at radius 2 is 1.83 bits per heavy atom. The molecule has 0 radical (unpaired) electrons. The number of aryl methyl sites for hydroxylation is 1.